The first-order valence-corrected chi connectivity index (χ1v) is 1.57. The zero-order valence-corrected chi connectivity index (χ0v) is 4.13. The van der Waals surface area contributed by atoms with Crippen molar-refractivity contribution >= 4 is 11.8 Å². The van der Waals surface area contributed by atoms with Crippen LogP contribution in [0, 0.1) is 0 Å². The first-order valence-electron chi connectivity index (χ1n) is 1.57. The fourth-order valence-electron chi connectivity index (χ4n) is 0. The van der Waals surface area contributed by atoms with Crippen molar-refractivity contribution in [3.8, 4) is 0 Å². The highest BCUT2D eigenvalue weighted by atomic mass is 16.2. The number of hydrazine groups is 1. The molecule has 6 nitrogen and oxygen atoms in total. The summed E-state index contributed by atoms with van der Waals surface area (Å²) in [5.74, 6) is 5.80. The summed E-state index contributed by atoms with van der Waals surface area (Å²) in [4.78, 5) is 18.9. The second-order valence-electron chi connectivity index (χ2n) is 0.729. The summed E-state index contributed by atoms with van der Waals surface area (Å²) in [7, 11) is 0. The second kappa shape index (κ2) is 5.86. The van der Waals surface area contributed by atoms with E-state index in [0.29, 0.717) is 0 Å². The van der Waals surface area contributed by atoms with E-state index in [4.69, 9.17) is 0 Å². The van der Waals surface area contributed by atoms with Gasteiger partial charge in [0.15, 0.2) is 0 Å². The topological polar surface area (TPSA) is 138 Å². The average molecular weight is 120 g/mol. The molecule has 0 aliphatic heterocycles. The molecule has 0 aliphatic rings. The third kappa shape index (κ3) is 8.85. The van der Waals surface area contributed by atoms with Crippen molar-refractivity contribution in [2.75, 3.05) is 0 Å². The van der Waals surface area contributed by atoms with Crippen LogP contribution in [0.1, 0.15) is 0 Å². The van der Waals surface area contributed by atoms with Crippen LogP contribution in [-0.2, 0) is 9.59 Å². The maximum atomic E-state index is 9.45. The van der Waals surface area contributed by atoms with E-state index in [1.165, 1.54) is 0 Å². The second-order valence-corrected chi connectivity index (χ2v) is 0.729. The molecule has 0 fully saturated rings. The molecule has 6 heteroatoms. The van der Waals surface area contributed by atoms with E-state index in [9.17, 15) is 9.59 Å². The predicted molar refractivity (Wildman–Crippen MR) is 26.8 cm³/mol. The van der Waals surface area contributed by atoms with Crippen molar-refractivity contribution < 1.29 is 9.59 Å². The Kier molecular flexibility index (Phi) is 7.31. The molecule has 0 spiro atoms. The third-order valence-electron chi connectivity index (χ3n) is 0.243. The van der Waals surface area contributed by atoms with Gasteiger partial charge >= 0.3 is 11.8 Å². The van der Waals surface area contributed by atoms with Gasteiger partial charge in [0.1, 0.15) is 0 Å². The van der Waals surface area contributed by atoms with Crippen LogP contribution < -0.4 is 23.2 Å². The van der Waals surface area contributed by atoms with E-state index in [0.717, 1.165) is 0 Å². The normalized spacial score (nSPS) is 6.25. The van der Waals surface area contributed by atoms with Crippen LogP contribution in [0.15, 0.2) is 0 Å². The van der Waals surface area contributed by atoms with Crippen molar-refractivity contribution in [3.63, 3.8) is 0 Å². The van der Waals surface area contributed by atoms with Gasteiger partial charge < -0.3 is 11.5 Å². The first kappa shape index (κ1) is 9.97. The Balaban J connectivity index is 0. The van der Waals surface area contributed by atoms with E-state index in [2.05, 4.69) is 23.2 Å². The molecule has 0 saturated heterocycles. The summed E-state index contributed by atoms with van der Waals surface area (Å²) >= 11 is 0. The lowest BCUT2D eigenvalue weighted by atomic mass is 10.6. The van der Waals surface area contributed by atoms with Crippen molar-refractivity contribution in [2.24, 2.45) is 23.2 Å². The lowest BCUT2D eigenvalue weighted by Gasteiger charge is -1.75. The van der Waals surface area contributed by atoms with Gasteiger partial charge in [-0.2, -0.15) is 0 Å². The van der Waals surface area contributed by atoms with Crippen molar-refractivity contribution in [1.29, 1.82) is 0 Å². The van der Waals surface area contributed by atoms with Gasteiger partial charge in [-0.15, -0.1) is 0 Å². The highest BCUT2D eigenvalue weighted by Gasteiger charge is 1.96. The van der Waals surface area contributed by atoms with Crippen molar-refractivity contribution in [3.05, 3.63) is 0 Å². The molecule has 0 aliphatic carbocycles. The van der Waals surface area contributed by atoms with Crippen LogP contribution >= 0.6 is 0 Å². The Bertz CT molecular complexity index is 78.0. The van der Waals surface area contributed by atoms with Crippen LogP contribution in [0.4, 0.5) is 0 Å². The molecule has 0 radical (unpaired) electrons. The van der Waals surface area contributed by atoms with Gasteiger partial charge in [-0.25, -0.2) is 0 Å². The number of carbonyl (C=O) groups excluding carboxylic acids is 2. The third-order valence-corrected chi connectivity index (χ3v) is 0.243. The van der Waals surface area contributed by atoms with E-state index in [1.54, 1.807) is 0 Å². The Hall–Kier alpha value is -1.14. The molecule has 0 bridgehead atoms. The van der Waals surface area contributed by atoms with E-state index in [-0.39, 0.29) is 0 Å². The van der Waals surface area contributed by atoms with E-state index in [1.807, 2.05) is 0 Å². The molecule has 48 valence electrons. The van der Waals surface area contributed by atoms with Crippen molar-refractivity contribution in [2.45, 2.75) is 0 Å². The van der Waals surface area contributed by atoms with Crippen molar-refractivity contribution in [1.82, 2.24) is 0 Å². The van der Waals surface area contributed by atoms with Crippen LogP contribution in [0.2, 0.25) is 0 Å². The quantitative estimate of drug-likeness (QED) is 0.152. The molecule has 0 aromatic carbocycles. The van der Waals surface area contributed by atoms with Crippen LogP contribution in [0.25, 0.3) is 0 Å². The van der Waals surface area contributed by atoms with E-state index < -0.39 is 11.8 Å². The number of nitrogens with two attached hydrogens (primary N) is 4. The molecule has 0 aromatic rings. The monoisotopic (exact) mass is 120 g/mol. The summed E-state index contributed by atoms with van der Waals surface area (Å²) in [6.45, 7) is 0. The molecule has 2 amide bonds. The van der Waals surface area contributed by atoms with Gasteiger partial charge in [-0.1, -0.05) is 0 Å². The largest absolute Gasteiger partial charge is 0.361 e. The summed E-state index contributed by atoms with van der Waals surface area (Å²) < 4.78 is 0. The van der Waals surface area contributed by atoms with Gasteiger partial charge in [0.05, 0.1) is 0 Å². The Morgan fingerprint density at radius 2 is 1.00 bits per heavy atom. The molecule has 8 N–H and O–H groups in total. The highest BCUT2D eigenvalue weighted by molar-refractivity contribution is 6.33. The minimum absolute atomic E-state index is 1.10. The van der Waals surface area contributed by atoms with Gasteiger partial charge in [0.25, 0.3) is 0 Å². The molecular weight excluding hydrogens is 112 g/mol. The molecule has 0 aromatic heterocycles. The zero-order valence-electron chi connectivity index (χ0n) is 4.13. The zero-order chi connectivity index (χ0) is 7.15. The Labute approximate surface area is 45.8 Å². The maximum absolute atomic E-state index is 9.45. The Morgan fingerprint density at radius 1 is 0.875 bits per heavy atom. The molecule has 8 heavy (non-hydrogen) atoms. The summed E-state index contributed by atoms with van der Waals surface area (Å²) in [6.07, 6.45) is 0. The Morgan fingerprint density at radius 3 is 1.00 bits per heavy atom. The van der Waals surface area contributed by atoms with Crippen LogP contribution in [0.3, 0.4) is 0 Å². The first-order chi connectivity index (χ1) is 3.64. The minimum atomic E-state index is -1.10. The molecule has 0 rings (SSSR count). The highest BCUT2D eigenvalue weighted by Crippen LogP contribution is 1.44. The smallest absolute Gasteiger partial charge is 0.306 e. The molecular formula is C2H8N4O2. The number of rotatable bonds is 0. The molecule has 0 saturated carbocycles. The lowest BCUT2D eigenvalue weighted by molar-refractivity contribution is -0.135. The average Bonchev–Trinajstić information content (AvgIpc) is 1.72. The number of carbonyl (C=O) groups is 2. The fourth-order valence-corrected chi connectivity index (χ4v) is 0. The summed E-state index contributed by atoms with van der Waals surface area (Å²) in [5.41, 5.74) is 8.64. The number of hydrogen-bond acceptors (Lipinski definition) is 4. The lowest BCUT2D eigenvalue weighted by Crippen LogP contribution is -2.29. The van der Waals surface area contributed by atoms with Gasteiger partial charge in [-0.05, 0) is 0 Å². The predicted octanol–water partition coefficient (Wildman–Crippen LogP) is -3.22. The van der Waals surface area contributed by atoms with Gasteiger partial charge in [0.2, 0.25) is 0 Å². The maximum Gasteiger partial charge on any atom is 0.306 e. The standard InChI is InChI=1S/C2H4N2O2.H4N2/c3-1(5)2(4)6;1-2/h(H2,3,5)(H2,4,6);1-2H2. The summed E-state index contributed by atoms with van der Waals surface area (Å²) in [5, 5.41) is 0. The van der Waals surface area contributed by atoms with Crippen LogP contribution in [0.5, 0.6) is 0 Å². The van der Waals surface area contributed by atoms with Gasteiger partial charge in [-0.3, -0.25) is 21.3 Å². The van der Waals surface area contributed by atoms with Crippen LogP contribution in [-0.4, -0.2) is 11.8 Å². The number of hydrogen-bond donors (Lipinski definition) is 4. The number of amides is 2. The summed E-state index contributed by atoms with van der Waals surface area (Å²) in [6, 6.07) is 0. The number of primary amides is 2. The fraction of sp³-hybridized carbons (Fsp3) is 0. The molecule has 0 heterocycles. The molecule has 0 atom stereocenters. The van der Waals surface area contributed by atoms with E-state index >= 15 is 0 Å². The molecule has 0 unspecified atom stereocenters. The SMILES string of the molecule is NC(=O)C(N)=O.NN. The van der Waals surface area contributed by atoms with Gasteiger partial charge in [0, 0.05) is 0 Å². The minimum Gasteiger partial charge on any atom is -0.361 e.